The minimum absolute atomic E-state index is 0.0564. The number of nitro groups is 2. The van der Waals surface area contributed by atoms with Crippen LogP contribution in [0.5, 0.6) is 0 Å². The standard InChI is InChI=1S/C15H11Cl2N3O5/c1-18(8-9-6-11(19(22)23)3-5-13(9)17)15(21)12-4-2-10(16)7-14(12)20(24)25/h2-7H,8H2,1H3. The SMILES string of the molecule is CN(Cc1cc([N+](=O)[O-])ccc1Cl)C(=O)c1ccc(Cl)cc1[N+](=O)[O-]. The molecule has 0 aliphatic rings. The molecule has 0 saturated heterocycles. The molecule has 8 nitrogen and oxygen atoms in total. The predicted molar refractivity (Wildman–Crippen MR) is 92.0 cm³/mol. The molecule has 25 heavy (non-hydrogen) atoms. The lowest BCUT2D eigenvalue weighted by Crippen LogP contribution is -2.27. The Bertz CT molecular complexity index is 872. The topological polar surface area (TPSA) is 107 Å². The average Bonchev–Trinajstić information content (AvgIpc) is 2.55. The smallest absolute Gasteiger partial charge is 0.283 e. The lowest BCUT2D eigenvalue weighted by Gasteiger charge is -2.18. The van der Waals surface area contributed by atoms with Gasteiger partial charge in [-0.1, -0.05) is 23.2 Å². The Morgan fingerprint density at radius 2 is 1.76 bits per heavy atom. The van der Waals surface area contributed by atoms with Crippen LogP contribution >= 0.6 is 23.2 Å². The second-order valence-corrected chi connectivity index (χ2v) is 5.96. The lowest BCUT2D eigenvalue weighted by molar-refractivity contribution is -0.385. The molecular formula is C15H11Cl2N3O5. The molecular weight excluding hydrogens is 373 g/mol. The summed E-state index contributed by atoms with van der Waals surface area (Å²) in [5.41, 5.74) is -0.381. The van der Waals surface area contributed by atoms with Gasteiger partial charge < -0.3 is 4.90 Å². The monoisotopic (exact) mass is 383 g/mol. The van der Waals surface area contributed by atoms with E-state index in [2.05, 4.69) is 0 Å². The van der Waals surface area contributed by atoms with Crippen molar-refractivity contribution >= 4 is 40.5 Å². The first-order chi connectivity index (χ1) is 11.7. The number of non-ortho nitro benzene ring substituents is 1. The highest BCUT2D eigenvalue weighted by atomic mass is 35.5. The molecule has 0 heterocycles. The van der Waals surface area contributed by atoms with Crippen LogP contribution in [0, 0.1) is 20.2 Å². The van der Waals surface area contributed by atoms with E-state index in [0.717, 1.165) is 6.07 Å². The minimum atomic E-state index is -0.701. The quantitative estimate of drug-likeness (QED) is 0.570. The molecule has 1 amide bonds. The van der Waals surface area contributed by atoms with Crippen LogP contribution in [0.25, 0.3) is 0 Å². The van der Waals surface area contributed by atoms with Crippen LogP contribution in [0.15, 0.2) is 36.4 Å². The van der Waals surface area contributed by atoms with Gasteiger partial charge in [-0.2, -0.15) is 0 Å². The number of carbonyl (C=O) groups is 1. The van der Waals surface area contributed by atoms with Gasteiger partial charge in [0.15, 0.2) is 0 Å². The summed E-state index contributed by atoms with van der Waals surface area (Å²) in [6.07, 6.45) is 0. The van der Waals surface area contributed by atoms with Crippen LogP contribution in [0.1, 0.15) is 15.9 Å². The van der Waals surface area contributed by atoms with Crippen molar-refractivity contribution in [3.63, 3.8) is 0 Å². The molecule has 0 N–H and O–H groups in total. The van der Waals surface area contributed by atoms with Crippen molar-refractivity contribution in [1.29, 1.82) is 0 Å². The Labute approximate surface area is 151 Å². The predicted octanol–water partition coefficient (Wildman–Crippen LogP) is 4.08. The Balaban J connectivity index is 2.32. The van der Waals surface area contributed by atoms with Gasteiger partial charge in [-0.05, 0) is 23.8 Å². The van der Waals surface area contributed by atoms with Gasteiger partial charge in [0.2, 0.25) is 0 Å². The molecule has 0 atom stereocenters. The molecule has 0 aliphatic carbocycles. The van der Waals surface area contributed by atoms with Crippen molar-refractivity contribution in [3.05, 3.63) is 77.8 Å². The molecule has 2 rings (SSSR count). The zero-order valence-electron chi connectivity index (χ0n) is 12.8. The molecule has 0 aromatic heterocycles. The molecule has 0 unspecified atom stereocenters. The van der Waals surface area contributed by atoms with Gasteiger partial charge >= 0.3 is 0 Å². The summed E-state index contributed by atoms with van der Waals surface area (Å²) >= 11 is 11.7. The molecule has 0 spiro atoms. The number of hydrogen-bond acceptors (Lipinski definition) is 5. The zero-order chi connectivity index (χ0) is 18.7. The average molecular weight is 384 g/mol. The van der Waals surface area contributed by atoms with Gasteiger partial charge in [-0.25, -0.2) is 0 Å². The van der Waals surface area contributed by atoms with E-state index >= 15 is 0 Å². The highest BCUT2D eigenvalue weighted by molar-refractivity contribution is 6.31. The summed E-state index contributed by atoms with van der Waals surface area (Å²) in [6, 6.07) is 7.57. The molecule has 10 heteroatoms. The van der Waals surface area contributed by atoms with E-state index in [1.165, 1.54) is 42.3 Å². The summed E-state index contributed by atoms with van der Waals surface area (Å²) in [5, 5.41) is 22.3. The maximum atomic E-state index is 12.5. The third-order valence-corrected chi connectivity index (χ3v) is 3.99. The van der Waals surface area contributed by atoms with Crippen molar-refractivity contribution in [3.8, 4) is 0 Å². The first-order valence-electron chi connectivity index (χ1n) is 6.83. The van der Waals surface area contributed by atoms with Gasteiger partial charge in [0.25, 0.3) is 17.3 Å². The van der Waals surface area contributed by atoms with Crippen LogP contribution in [0.3, 0.4) is 0 Å². The summed E-state index contributed by atoms with van der Waals surface area (Å²) < 4.78 is 0. The largest absolute Gasteiger partial charge is 0.337 e. The Hall–Kier alpha value is -2.71. The Morgan fingerprint density at radius 1 is 1.08 bits per heavy atom. The minimum Gasteiger partial charge on any atom is -0.337 e. The van der Waals surface area contributed by atoms with Crippen molar-refractivity contribution in [1.82, 2.24) is 4.90 Å². The molecule has 2 aromatic carbocycles. The maximum absolute atomic E-state index is 12.5. The van der Waals surface area contributed by atoms with Gasteiger partial charge in [0, 0.05) is 41.8 Å². The van der Waals surface area contributed by atoms with E-state index < -0.39 is 21.4 Å². The van der Waals surface area contributed by atoms with Gasteiger partial charge in [-0.15, -0.1) is 0 Å². The third kappa shape index (κ3) is 4.23. The second kappa shape index (κ2) is 7.45. The van der Waals surface area contributed by atoms with E-state index in [-0.39, 0.29) is 27.8 Å². The van der Waals surface area contributed by atoms with E-state index in [0.29, 0.717) is 5.56 Å². The van der Waals surface area contributed by atoms with Crippen LogP contribution in [-0.4, -0.2) is 27.7 Å². The summed E-state index contributed by atoms with van der Waals surface area (Å²) in [7, 11) is 1.41. The fourth-order valence-corrected chi connectivity index (χ4v) is 2.51. The maximum Gasteiger partial charge on any atom is 0.283 e. The summed E-state index contributed by atoms with van der Waals surface area (Å²) in [5.74, 6) is -0.633. The number of carbonyl (C=O) groups excluding carboxylic acids is 1. The van der Waals surface area contributed by atoms with E-state index in [4.69, 9.17) is 23.2 Å². The number of hydrogen-bond donors (Lipinski definition) is 0. The van der Waals surface area contributed by atoms with Crippen LogP contribution in [0.4, 0.5) is 11.4 Å². The van der Waals surface area contributed by atoms with Gasteiger partial charge in [0.05, 0.1) is 9.85 Å². The molecule has 0 fully saturated rings. The van der Waals surface area contributed by atoms with E-state index in [1.54, 1.807) is 0 Å². The van der Waals surface area contributed by atoms with Gasteiger partial charge in [0.1, 0.15) is 5.56 Å². The van der Waals surface area contributed by atoms with Gasteiger partial charge in [-0.3, -0.25) is 25.0 Å². The fraction of sp³-hybridized carbons (Fsp3) is 0.133. The molecule has 0 radical (unpaired) electrons. The zero-order valence-corrected chi connectivity index (χ0v) is 14.3. The number of nitro benzene ring substituents is 2. The fourth-order valence-electron chi connectivity index (χ4n) is 2.17. The van der Waals surface area contributed by atoms with Crippen molar-refractivity contribution in [2.24, 2.45) is 0 Å². The Kier molecular flexibility index (Phi) is 5.55. The normalized spacial score (nSPS) is 10.4. The first-order valence-corrected chi connectivity index (χ1v) is 7.58. The Morgan fingerprint density at radius 3 is 2.36 bits per heavy atom. The van der Waals surface area contributed by atoms with E-state index in [9.17, 15) is 25.0 Å². The molecule has 130 valence electrons. The molecule has 0 bridgehead atoms. The van der Waals surface area contributed by atoms with Crippen molar-refractivity contribution in [2.45, 2.75) is 6.54 Å². The highest BCUT2D eigenvalue weighted by Crippen LogP contribution is 2.27. The number of nitrogens with zero attached hydrogens (tertiary/aromatic N) is 3. The van der Waals surface area contributed by atoms with Crippen LogP contribution in [-0.2, 0) is 6.54 Å². The third-order valence-electron chi connectivity index (χ3n) is 3.38. The van der Waals surface area contributed by atoms with E-state index in [1.807, 2.05) is 0 Å². The van der Waals surface area contributed by atoms with Crippen LogP contribution < -0.4 is 0 Å². The summed E-state index contributed by atoms with van der Waals surface area (Å²) in [6.45, 7) is -0.0564. The van der Waals surface area contributed by atoms with Crippen molar-refractivity contribution < 1.29 is 14.6 Å². The number of benzene rings is 2. The van der Waals surface area contributed by atoms with Crippen LogP contribution in [0.2, 0.25) is 10.0 Å². The highest BCUT2D eigenvalue weighted by Gasteiger charge is 2.24. The van der Waals surface area contributed by atoms with Crippen molar-refractivity contribution in [2.75, 3.05) is 7.05 Å². The summed E-state index contributed by atoms with van der Waals surface area (Å²) in [4.78, 5) is 34.4. The molecule has 2 aromatic rings. The number of rotatable bonds is 5. The first kappa shape index (κ1) is 18.6. The molecule has 0 saturated carbocycles. The molecule has 0 aliphatic heterocycles. The number of halogens is 2. The number of amides is 1. The second-order valence-electron chi connectivity index (χ2n) is 5.11. The lowest BCUT2D eigenvalue weighted by atomic mass is 10.1.